The maximum atomic E-state index is 12.1. The molecule has 0 aliphatic carbocycles. The fraction of sp³-hybridized carbons (Fsp3) is 0.435. The fourth-order valence-electron chi connectivity index (χ4n) is 2.63. The number of hydrogen-bond donors (Lipinski definition) is 3. The van der Waals surface area contributed by atoms with Crippen LogP contribution in [0.1, 0.15) is 49.5 Å². The normalized spacial score (nSPS) is 11.6. The van der Waals surface area contributed by atoms with Crippen LogP contribution in [0.25, 0.3) is 0 Å². The van der Waals surface area contributed by atoms with Gasteiger partial charge in [0.25, 0.3) is 5.91 Å². The van der Waals surface area contributed by atoms with Crippen molar-refractivity contribution in [1.82, 2.24) is 5.32 Å². The van der Waals surface area contributed by atoms with Gasteiger partial charge >= 0.3 is 0 Å². The van der Waals surface area contributed by atoms with E-state index in [4.69, 9.17) is 14.6 Å². The Morgan fingerprint density at radius 1 is 1.03 bits per heavy atom. The Morgan fingerprint density at radius 3 is 2.38 bits per heavy atom. The topological polar surface area (TPSA) is 79.8 Å². The van der Waals surface area contributed by atoms with Gasteiger partial charge in [-0.25, -0.2) is 0 Å². The zero-order valence-electron chi connectivity index (χ0n) is 17.5. The third kappa shape index (κ3) is 7.31. The maximum Gasteiger partial charge on any atom is 0.251 e. The summed E-state index contributed by atoms with van der Waals surface area (Å²) in [6.07, 6.45) is 1.90. The quantitative estimate of drug-likeness (QED) is 0.502. The summed E-state index contributed by atoms with van der Waals surface area (Å²) < 4.78 is 11.6. The van der Waals surface area contributed by atoms with Gasteiger partial charge < -0.3 is 25.2 Å². The standard InChI is InChI=1S/C23H32N2O4/c1-4-12-28-21-11-8-19(22(14-21)29-13-5-2)15-24-20-9-6-18(7-10-20)23(27)25-17(3)16-26/h6-11,14,17,24,26H,4-5,12-13,15-16H2,1-3H3,(H,25,27)/t17-/m1/s1. The number of carbonyl (C=O) groups is 1. The summed E-state index contributed by atoms with van der Waals surface area (Å²) >= 11 is 0. The minimum atomic E-state index is -0.272. The largest absolute Gasteiger partial charge is 0.493 e. The van der Waals surface area contributed by atoms with Crippen molar-refractivity contribution in [1.29, 1.82) is 0 Å². The molecule has 0 fully saturated rings. The van der Waals surface area contributed by atoms with E-state index in [0.717, 1.165) is 35.6 Å². The molecule has 0 heterocycles. The summed E-state index contributed by atoms with van der Waals surface area (Å²) in [4.78, 5) is 12.1. The molecular weight excluding hydrogens is 368 g/mol. The highest BCUT2D eigenvalue weighted by atomic mass is 16.5. The molecule has 158 valence electrons. The Labute approximate surface area is 173 Å². The molecule has 0 saturated carbocycles. The van der Waals surface area contributed by atoms with Gasteiger partial charge in [0.05, 0.1) is 19.8 Å². The highest BCUT2D eigenvalue weighted by molar-refractivity contribution is 5.94. The number of rotatable bonds is 12. The number of aliphatic hydroxyl groups excluding tert-OH is 1. The Balaban J connectivity index is 2.01. The maximum absolute atomic E-state index is 12.1. The molecule has 6 nitrogen and oxygen atoms in total. The molecule has 0 spiro atoms. The summed E-state index contributed by atoms with van der Waals surface area (Å²) in [5.74, 6) is 1.44. The van der Waals surface area contributed by atoms with E-state index in [1.165, 1.54) is 0 Å². The van der Waals surface area contributed by atoms with Gasteiger partial charge in [0, 0.05) is 35.5 Å². The first-order valence-corrected chi connectivity index (χ1v) is 10.2. The summed E-state index contributed by atoms with van der Waals surface area (Å²) in [5.41, 5.74) is 2.51. The zero-order valence-corrected chi connectivity index (χ0v) is 17.5. The van der Waals surface area contributed by atoms with E-state index in [0.29, 0.717) is 25.3 Å². The lowest BCUT2D eigenvalue weighted by atomic mass is 10.1. The Kier molecular flexibility index (Phi) is 9.31. The van der Waals surface area contributed by atoms with Crippen molar-refractivity contribution < 1.29 is 19.4 Å². The first-order chi connectivity index (χ1) is 14.1. The van der Waals surface area contributed by atoms with Gasteiger partial charge in [-0.3, -0.25) is 4.79 Å². The molecule has 2 rings (SSSR count). The first-order valence-electron chi connectivity index (χ1n) is 10.2. The fourth-order valence-corrected chi connectivity index (χ4v) is 2.63. The van der Waals surface area contributed by atoms with Crippen LogP contribution in [0, 0.1) is 0 Å². The second-order valence-electron chi connectivity index (χ2n) is 6.95. The molecule has 3 N–H and O–H groups in total. The summed E-state index contributed by atoms with van der Waals surface area (Å²) in [6, 6.07) is 12.9. The van der Waals surface area contributed by atoms with Crippen LogP contribution in [0.3, 0.4) is 0 Å². The number of benzene rings is 2. The molecule has 2 aromatic rings. The molecule has 6 heteroatoms. The molecular formula is C23H32N2O4. The molecule has 0 unspecified atom stereocenters. The van der Waals surface area contributed by atoms with Crippen LogP contribution in [0.4, 0.5) is 5.69 Å². The molecule has 0 aromatic heterocycles. The number of anilines is 1. The summed E-state index contributed by atoms with van der Waals surface area (Å²) in [7, 11) is 0. The van der Waals surface area contributed by atoms with E-state index >= 15 is 0 Å². The molecule has 0 bridgehead atoms. The molecule has 0 aliphatic heterocycles. The SMILES string of the molecule is CCCOc1ccc(CNc2ccc(C(=O)N[C@H](C)CO)cc2)c(OCCC)c1. The minimum absolute atomic E-state index is 0.0872. The molecule has 1 amide bonds. The number of nitrogens with one attached hydrogen (secondary N) is 2. The van der Waals surface area contributed by atoms with Crippen molar-refractivity contribution in [2.75, 3.05) is 25.1 Å². The van der Waals surface area contributed by atoms with Crippen molar-refractivity contribution in [2.24, 2.45) is 0 Å². The third-order valence-corrected chi connectivity index (χ3v) is 4.25. The van der Waals surface area contributed by atoms with Gasteiger partial charge in [-0.15, -0.1) is 0 Å². The van der Waals surface area contributed by atoms with Crippen LogP contribution in [0.15, 0.2) is 42.5 Å². The number of ether oxygens (including phenoxy) is 2. The first kappa shape index (κ1) is 22.6. The van der Waals surface area contributed by atoms with Crippen LogP contribution in [-0.2, 0) is 6.54 Å². The lowest BCUT2D eigenvalue weighted by molar-refractivity contribution is 0.0922. The van der Waals surface area contributed by atoms with Crippen LogP contribution in [-0.4, -0.2) is 36.9 Å². The predicted octanol–water partition coefficient (Wildman–Crippen LogP) is 3.99. The van der Waals surface area contributed by atoms with Crippen molar-refractivity contribution >= 4 is 11.6 Å². The molecule has 0 aliphatic rings. The molecule has 1 atom stereocenters. The van der Waals surface area contributed by atoms with Crippen molar-refractivity contribution in [2.45, 2.75) is 46.2 Å². The molecule has 29 heavy (non-hydrogen) atoms. The Bertz CT molecular complexity index is 762. The van der Waals surface area contributed by atoms with Crippen LogP contribution >= 0.6 is 0 Å². The Hall–Kier alpha value is -2.73. The van der Waals surface area contributed by atoms with Crippen molar-refractivity contribution in [3.05, 3.63) is 53.6 Å². The van der Waals surface area contributed by atoms with E-state index in [1.54, 1.807) is 19.1 Å². The minimum Gasteiger partial charge on any atom is -0.493 e. The molecule has 2 aromatic carbocycles. The zero-order chi connectivity index (χ0) is 21.1. The van der Waals surface area contributed by atoms with Crippen molar-refractivity contribution in [3.63, 3.8) is 0 Å². The second kappa shape index (κ2) is 12.0. The monoisotopic (exact) mass is 400 g/mol. The highest BCUT2D eigenvalue weighted by Crippen LogP contribution is 2.26. The average Bonchev–Trinajstić information content (AvgIpc) is 2.75. The number of amides is 1. The third-order valence-electron chi connectivity index (χ3n) is 4.25. The number of hydrogen-bond acceptors (Lipinski definition) is 5. The number of aliphatic hydroxyl groups is 1. The second-order valence-corrected chi connectivity index (χ2v) is 6.95. The van der Waals surface area contributed by atoms with Gasteiger partial charge in [0.1, 0.15) is 11.5 Å². The lowest BCUT2D eigenvalue weighted by Gasteiger charge is -2.15. The molecule has 0 saturated heterocycles. The van der Waals surface area contributed by atoms with Crippen LogP contribution in [0.5, 0.6) is 11.5 Å². The predicted molar refractivity (Wildman–Crippen MR) is 116 cm³/mol. The molecule has 0 radical (unpaired) electrons. The highest BCUT2D eigenvalue weighted by Gasteiger charge is 2.10. The van der Waals surface area contributed by atoms with Crippen LogP contribution in [0.2, 0.25) is 0 Å². The van der Waals surface area contributed by atoms with E-state index in [-0.39, 0.29) is 18.6 Å². The van der Waals surface area contributed by atoms with Gasteiger partial charge in [-0.1, -0.05) is 13.8 Å². The van der Waals surface area contributed by atoms with Gasteiger partial charge in [0.15, 0.2) is 0 Å². The van der Waals surface area contributed by atoms with Gasteiger partial charge in [-0.05, 0) is 56.2 Å². The lowest BCUT2D eigenvalue weighted by Crippen LogP contribution is -2.34. The van der Waals surface area contributed by atoms with Gasteiger partial charge in [0.2, 0.25) is 0 Å². The van der Waals surface area contributed by atoms with E-state index in [2.05, 4.69) is 24.5 Å². The van der Waals surface area contributed by atoms with E-state index < -0.39 is 0 Å². The summed E-state index contributed by atoms with van der Waals surface area (Å²) in [6.45, 7) is 7.76. The number of carbonyl (C=O) groups excluding carboxylic acids is 1. The Morgan fingerprint density at radius 2 is 1.72 bits per heavy atom. The smallest absolute Gasteiger partial charge is 0.251 e. The van der Waals surface area contributed by atoms with Crippen molar-refractivity contribution in [3.8, 4) is 11.5 Å². The van der Waals surface area contributed by atoms with Gasteiger partial charge in [-0.2, -0.15) is 0 Å². The van der Waals surface area contributed by atoms with E-state index in [9.17, 15) is 4.79 Å². The summed E-state index contributed by atoms with van der Waals surface area (Å²) in [5, 5.41) is 15.1. The average molecular weight is 401 g/mol. The van der Waals surface area contributed by atoms with E-state index in [1.807, 2.05) is 30.3 Å². The van der Waals surface area contributed by atoms with Crippen LogP contribution < -0.4 is 20.1 Å².